The van der Waals surface area contributed by atoms with Gasteiger partial charge in [-0.2, -0.15) is 0 Å². The second kappa shape index (κ2) is 8.89. The van der Waals surface area contributed by atoms with E-state index < -0.39 is 0 Å². The quantitative estimate of drug-likeness (QED) is 0.689. The number of Topliss-reactive ketones (excluding diaryl/α,β-unsaturated/α-hetero) is 1. The third-order valence-corrected chi connectivity index (χ3v) is 4.71. The zero-order valence-electron chi connectivity index (χ0n) is 16.2. The molecule has 28 heavy (non-hydrogen) atoms. The van der Waals surface area contributed by atoms with E-state index in [-0.39, 0.29) is 11.8 Å². The minimum Gasteiger partial charge on any atom is -0.490 e. The zero-order chi connectivity index (χ0) is 20.1. The Morgan fingerprint density at radius 3 is 2.54 bits per heavy atom. The van der Waals surface area contributed by atoms with Crippen molar-refractivity contribution < 1.29 is 14.3 Å². The topological polar surface area (TPSA) is 59.6 Å². The molecular formula is C22H24N2O3S. The maximum atomic E-state index is 12.2. The number of hydrogen-bond acceptors (Lipinski definition) is 4. The number of thiocarbonyl (C=S) groups is 1. The van der Waals surface area contributed by atoms with Gasteiger partial charge in [-0.1, -0.05) is 36.4 Å². The Balaban J connectivity index is 1.90. The second-order valence-corrected chi connectivity index (χ2v) is 6.95. The van der Waals surface area contributed by atoms with Crippen molar-refractivity contribution in [2.45, 2.75) is 33.4 Å². The highest BCUT2D eigenvalue weighted by molar-refractivity contribution is 7.80. The molecule has 1 atom stereocenters. The van der Waals surface area contributed by atoms with Gasteiger partial charge in [-0.3, -0.25) is 4.79 Å². The highest BCUT2D eigenvalue weighted by Gasteiger charge is 2.28. The van der Waals surface area contributed by atoms with Crippen molar-refractivity contribution in [1.82, 2.24) is 10.6 Å². The number of hydrogen-bond donors (Lipinski definition) is 2. The standard InChI is InChI=1S/C22H24N2O3S/c1-4-26-19-12-17(21-20(15(3)25)14(2)23-22(28)24-21)10-11-18(19)27-13-16-8-6-5-7-9-16/h5-12,21H,4,13H2,1-3H3,(H2,23,24,28)/t21-/m0/s1. The smallest absolute Gasteiger partial charge is 0.171 e. The summed E-state index contributed by atoms with van der Waals surface area (Å²) in [6, 6.07) is 15.4. The number of ether oxygens (including phenoxy) is 2. The fourth-order valence-electron chi connectivity index (χ4n) is 3.24. The van der Waals surface area contributed by atoms with Gasteiger partial charge in [-0.25, -0.2) is 0 Å². The summed E-state index contributed by atoms with van der Waals surface area (Å²) in [7, 11) is 0. The number of benzene rings is 2. The number of nitrogens with one attached hydrogen (secondary N) is 2. The average Bonchev–Trinajstić information content (AvgIpc) is 2.67. The molecule has 6 heteroatoms. The van der Waals surface area contributed by atoms with Crippen molar-refractivity contribution >= 4 is 23.1 Å². The Morgan fingerprint density at radius 1 is 1.11 bits per heavy atom. The van der Waals surface area contributed by atoms with Crippen molar-refractivity contribution in [3.8, 4) is 11.5 Å². The molecule has 2 aromatic carbocycles. The molecule has 0 spiro atoms. The van der Waals surface area contributed by atoms with Gasteiger partial charge < -0.3 is 20.1 Å². The zero-order valence-corrected chi connectivity index (χ0v) is 17.1. The van der Waals surface area contributed by atoms with E-state index in [4.69, 9.17) is 21.7 Å². The van der Waals surface area contributed by atoms with Crippen LogP contribution in [0.3, 0.4) is 0 Å². The van der Waals surface area contributed by atoms with Crippen molar-refractivity contribution in [3.05, 3.63) is 70.9 Å². The van der Waals surface area contributed by atoms with Crippen LogP contribution in [0.1, 0.15) is 37.9 Å². The van der Waals surface area contributed by atoms with Gasteiger partial charge in [0.05, 0.1) is 12.6 Å². The molecule has 0 saturated carbocycles. The Morgan fingerprint density at radius 2 is 1.86 bits per heavy atom. The Kier molecular flexibility index (Phi) is 6.31. The molecule has 1 aliphatic heterocycles. The Bertz CT molecular complexity index is 909. The summed E-state index contributed by atoms with van der Waals surface area (Å²) in [5.41, 5.74) is 3.40. The average molecular weight is 397 g/mol. The van der Waals surface area contributed by atoms with Gasteiger partial charge in [-0.15, -0.1) is 0 Å². The van der Waals surface area contributed by atoms with Gasteiger partial charge in [0.2, 0.25) is 0 Å². The van der Waals surface area contributed by atoms with Gasteiger partial charge in [0.15, 0.2) is 22.4 Å². The van der Waals surface area contributed by atoms with Crippen molar-refractivity contribution in [2.75, 3.05) is 6.61 Å². The van der Waals surface area contributed by atoms with Gasteiger partial charge >= 0.3 is 0 Å². The third kappa shape index (κ3) is 4.51. The Labute approximate surface area is 170 Å². The van der Waals surface area contributed by atoms with Crippen LogP contribution in [0.2, 0.25) is 0 Å². The minimum atomic E-state index is -0.325. The summed E-state index contributed by atoms with van der Waals surface area (Å²) >= 11 is 5.28. The monoisotopic (exact) mass is 396 g/mol. The third-order valence-electron chi connectivity index (χ3n) is 4.49. The lowest BCUT2D eigenvalue weighted by Gasteiger charge is -2.30. The molecular weight excluding hydrogens is 372 g/mol. The first-order valence-electron chi connectivity index (χ1n) is 9.22. The van der Waals surface area contributed by atoms with Crippen LogP contribution in [0.4, 0.5) is 0 Å². The molecule has 0 bridgehead atoms. The molecule has 3 rings (SSSR count). The van der Waals surface area contributed by atoms with Crippen molar-refractivity contribution in [3.63, 3.8) is 0 Å². The summed E-state index contributed by atoms with van der Waals surface area (Å²) in [5, 5.41) is 6.70. The van der Waals surface area contributed by atoms with Crippen LogP contribution in [-0.2, 0) is 11.4 Å². The highest BCUT2D eigenvalue weighted by atomic mass is 32.1. The number of ketones is 1. The first kappa shape index (κ1) is 19.9. The Hall–Kier alpha value is -2.86. The maximum absolute atomic E-state index is 12.2. The molecule has 2 N–H and O–H groups in total. The SMILES string of the molecule is CCOc1cc([C@@H]2NC(=S)NC(C)=C2C(C)=O)ccc1OCc1ccccc1. The molecule has 5 nitrogen and oxygen atoms in total. The molecule has 0 fully saturated rings. The van der Waals surface area contributed by atoms with Crippen LogP contribution < -0.4 is 20.1 Å². The summed E-state index contributed by atoms with van der Waals surface area (Å²) < 4.78 is 11.8. The van der Waals surface area contributed by atoms with Crippen LogP contribution in [0.5, 0.6) is 11.5 Å². The highest BCUT2D eigenvalue weighted by Crippen LogP contribution is 2.35. The lowest BCUT2D eigenvalue weighted by Crippen LogP contribution is -2.44. The number of allylic oxidation sites excluding steroid dienone is 1. The maximum Gasteiger partial charge on any atom is 0.171 e. The fourth-order valence-corrected chi connectivity index (χ4v) is 3.51. The summed E-state index contributed by atoms with van der Waals surface area (Å²) in [4.78, 5) is 12.2. The number of rotatable bonds is 7. The van der Waals surface area contributed by atoms with Crippen LogP contribution in [0.25, 0.3) is 0 Å². The fraction of sp³-hybridized carbons (Fsp3) is 0.273. The summed E-state index contributed by atoms with van der Waals surface area (Å²) in [6.45, 7) is 6.31. The molecule has 0 amide bonds. The van der Waals surface area contributed by atoms with E-state index in [1.165, 1.54) is 0 Å². The van der Waals surface area contributed by atoms with Crippen LogP contribution in [0.15, 0.2) is 59.8 Å². The minimum absolute atomic E-state index is 0.00707. The van der Waals surface area contributed by atoms with Gasteiger partial charge in [0.1, 0.15) is 6.61 Å². The first-order valence-corrected chi connectivity index (χ1v) is 9.63. The molecule has 1 aliphatic rings. The van der Waals surface area contributed by atoms with E-state index in [0.29, 0.717) is 35.4 Å². The molecule has 0 aliphatic carbocycles. The van der Waals surface area contributed by atoms with Gasteiger partial charge in [-0.05, 0) is 56.2 Å². The van der Waals surface area contributed by atoms with E-state index in [9.17, 15) is 4.79 Å². The van der Waals surface area contributed by atoms with E-state index in [0.717, 1.165) is 16.8 Å². The molecule has 1 heterocycles. The van der Waals surface area contributed by atoms with Crippen LogP contribution in [0, 0.1) is 0 Å². The molecule has 0 radical (unpaired) electrons. The molecule has 0 unspecified atom stereocenters. The van der Waals surface area contributed by atoms with Crippen molar-refractivity contribution in [1.29, 1.82) is 0 Å². The predicted octanol–water partition coefficient (Wildman–Crippen LogP) is 4.05. The molecule has 0 aromatic heterocycles. The predicted molar refractivity (Wildman–Crippen MR) is 113 cm³/mol. The second-order valence-electron chi connectivity index (χ2n) is 6.54. The van der Waals surface area contributed by atoms with E-state index in [2.05, 4.69) is 10.6 Å². The van der Waals surface area contributed by atoms with Crippen LogP contribution in [-0.4, -0.2) is 17.5 Å². The lowest BCUT2D eigenvalue weighted by molar-refractivity contribution is -0.114. The van der Waals surface area contributed by atoms with Crippen LogP contribution >= 0.6 is 12.2 Å². The van der Waals surface area contributed by atoms with E-state index in [1.807, 2.05) is 62.4 Å². The molecule has 146 valence electrons. The van der Waals surface area contributed by atoms with Gasteiger partial charge in [0.25, 0.3) is 0 Å². The van der Waals surface area contributed by atoms with E-state index in [1.54, 1.807) is 6.92 Å². The summed E-state index contributed by atoms with van der Waals surface area (Å²) in [5.74, 6) is 1.30. The van der Waals surface area contributed by atoms with Crippen molar-refractivity contribution in [2.24, 2.45) is 0 Å². The van der Waals surface area contributed by atoms with E-state index >= 15 is 0 Å². The number of carbonyl (C=O) groups is 1. The summed E-state index contributed by atoms with van der Waals surface area (Å²) in [6.07, 6.45) is 0. The number of carbonyl (C=O) groups excluding carboxylic acids is 1. The van der Waals surface area contributed by atoms with Gasteiger partial charge in [0, 0.05) is 11.3 Å². The molecule has 2 aromatic rings. The lowest BCUT2D eigenvalue weighted by atomic mass is 9.93. The largest absolute Gasteiger partial charge is 0.490 e. The first-order chi connectivity index (χ1) is 13.5. The normalized spacial score (nSPS) is 16.2. The molecule has 0 saturated heterocycles.